The fourth-order valence-corrected chi connectivity index (χ4v) is 1.78. The van der Waals surface area contributed by atoms with Crippen LogP contribution in [0.15, 0.2) is 24.3 Å². The standard InChI is InChI=1S/C14H20INO3/c1-14(2,3)11-5-4-6-12(9-11)16-13(17)19-8-7-18-10-15/h4-6,9H,7-8,10H2,1-3H3,(H,16,17). The molecule has 1 aromatic rings. The minimum atomic E-state index is -0.455. The fraction of sp³-hybridized carbons (Fsp3) is 0.500. The Kier molecular flexibility index (Phi) is 6.57. The van der Waals surface area contributed by atoms with Gasteiger partial charge in [-0.05, 0) is 23.1 Å². The van der Waals surface area contributed by atoms with Gasteiger partial charge in [-0.1, -0.05) is 55.5 Å². The lowest BCUT2D eigenvalue weighted by Crippen LogP contribution is -2.17. The largest absolute Gasteiger partial charge is 0.447 e. The van der Waals surface area contributed by atoms with E-state index < -0.39 is 6.09 Å². The third-order valence-corrected chi connectivity index (χ3v) is 2.95. The molecule has 0 atom stereocenters. The summed E-state index contributed by atoms with van der Waals surface area (Å²) in [6, 6.07) is 7.78. The number of amides is 1. The van der Waals surface area contributed by atoms with Crippen LogP contribution in [0.25, 0.3) is 0 Å². The van der Waals surface area contributed by atoms with E-state index in [-0.39, 0.29) is 12.0 Å². The highest BCUT2D eigenvalue weighted by molar-refractivity contribution is 14.1. The Hall–Kier alpha value is -0.820. The molecule has 0 aliphatic rings. The van der Waals surface area contributed by atoms with Crippen LogP contribution in [0.4, 0.5) is 10.5 Å². The second-order valence-corrected chi connectivity index (χ2v) is 5.73. The van der Waals surface area contributed by atoms with Crippen molar-refractivity contribution in [2.75, 3.05) is 23.1 Å². The number of anilines is 1. The molecule has 0 aromatic heterocycles. The van der Waals surface area contributed by atoms with Gasteiger partial charge in [0, 0.05) is 5.69 Å². The van der Waals surface area contributed by atoms with E-state index >= 15 is 0 Å². The summed E-state index contributed by atoms with van der Waals surface area (Å²) in [6.07, 6.45) is -0.455. The van der Waals surface area contributed by atoms with Crippen LogP contribution in [0.2, 0.25) is 0 Å². The summed E-state index contributed by atoms with van der Waals surface area (Å²) in [5.74, 6) is 0. The van der Waals surface area contributed by atoms with Crippen LogP contribution in [0.1, 0.15) is 26.3 Å². The van der Waals surface area contributed by atoms with E-state index in [2.05, 4.69) is 48.7 Å². The third kappa shape index (κ3) is 6.24. The molecule has 1 rings (SSSR count). The smallest absolute Gasteiger partial charge is 0.411 e. The van der Waals surface area contributed by atoms with Crippen LogP contribution in [-0.4, -0.2) is 23.9 Å². The van der Waals surface area contributed by atoms with E-state index in [4.69, 9.17) is 9.47 Å². The number of halogens is 1. The number of alkyl halides is 1. The van der Waals surface area contributed by atoms with Gasteiger partial charge in [0.2, 0.25) is 0 Å². The maximum Gasteiger partial charge on any atom is 0.411 e. The number of ether oxygens (including phenoxy) is 2. The fourth-order valence-electron chi connectivity index (χ4n) is 1.47. The van der Waals surface area contributed by atoms with Crippen LogP contribution < -0.4 is 5.32 Å². The number of carbonyl (C=O) groups excluding carboxylic acids is 1. The summed E-state index contributed by atoms with van der Waals surface area (Å²) < 4.78 is 10.7. The van der Waals surface area contributed by atoms with Gasteiger partial charge in [-0.25, -0.2) is 4.79 Å². The van der Waals surface area contributed by atoms with Crippen molar-refractivity contribution in [2.24, 2.45) is 0 Å². The second kappa shape index (κ2) is 7.69. The molecule has 0 saturated heterocycles. The van der Waals surface area contributed by atoms with Crippen molar-refractivity contribution in [1.29, 1.82) is 0 Å². The monoisotopic (exact) mass is 377 g/mol. The number of benzene rings is 1. The van der Waals surface area contributed by atoms with Gasteiger partial charge in [0.05, 0.1) is 11.2 Å². The Labute approximate surface area is 128 Å². The lowest BCUT2D eigenvalue weighted by molar-refractivity contribution is 0.104. The minimum Gasteiger partial charge on any atom is -0.447 e. The minimum absolute atomic E-state index is 0.0513. The van der Waals surface area contributed by atoms with Gasteiger partial charge in [0.25, 0.3) is 0 Å². The van der Waals surface area contributed by atoms with Gasteiger partial charge in [-0.15, -0.1) is 0 Å². The van der Waals surface area contributed by atoms with Crippen molar-refractivity contribution in [1.82, 2.24) is 0 Å². The van der Waals surface area contributed by atoms with Crippen molar-refractivity contribution in [3.05, 3.63) is 29.8 Å². The number of nitrogens with one attached hydrogen (secondary N) is 1. The summed E-state index contributed by atoms with van der Waals surface area (Å²) >= 11 is 2.10. The van der Waals surface area contributed by atoms with E-state index in [1.54, 1.807) is 0 Å². The van der Waals surface area contributed by atoms with Gasteiger partial charge in [-0.2, -0.15) is 0 Å². The molecule has 0 spiro atoms. The zero-order valence-corrected chi connectivity index (χ0v) is 13.7. The predicted molar refractivity (Wildman–Crippen MR) is 85.0 cm³/mol. The molecule has 19 heavy (non-hydrogen) atoms. The van der Waals surface area contributed by atoms with E-state index in [1.807, 2.05) is 24.3 Å². The topological polar surface area (TPSA) is 47.6 Å². The summed E-state index contributed by atoms with van der Waals surface area (Å²) in [6.45, 7) is 7.07. The van der Waals surface area contributed by atoms with Crippen molar-refractivity contribution >= 4 is 34.4 Å². The molecule has 0 aliphatic carbocycles. The normalized spacial score (nSPS) is 11.2. The van der Waals surface area contributed by atoms with Gasteiger partial charge in [0.1, 0.15) is 6.61 Å². The molecule has 106 valence electrons. The van der Waals surface area contributed by atoms with E-state index in [1.165, 1.54) is 5.56 Å². The maximum absolute atomic E-state index is 11.5. The van der Waals surface area contributed by atoms with Crippen LogP contribution in [0.3, 0.4) is 0 Å². The first-order valence-corrected chi connectivity index (χ1v) is 7.64. The lowest BCUT2D eigenvalue weighted by Gasteiger charge is -2.19. The molecule has 1 aromatic carbocycles. The van der Waals surface area contributed by atoms with E-state index in [0.717, 1.165) is 5.69 Å². The highest BCUT2D eigenvalue weighted by atomic mass is 127. The summed E-state index contributed by atoms with van der Waals surface area (Å²) in [4.78, 5) is 11.5. The molecule has 0 heterocycles. The molecular weight excluding hydrogens is 357 g/mol. The molecule has 4 nitrogen and oxygen atoms in total. The molecule has 0 unspecified atom stereocenters. The third-order valence-electron chi connectivity index (χ3n) is 2.51. The van der Waals surface area contributed by atoms with Crippen LogP contribution in [0.5, 0.6) is 0 Å². The highest BCUT2D eigenvalue weighted by Crippen LogP contribution is 2.24. The number of carbonyl (C=O) groups is 1. The highest BCUT2D eigenvalue weighted by Gasteiger charge is 2.14. The first kappa shape index (κ1) is 16.2. The second-order valence-electron chi connectivity index (χ2n) is 5.11. The van der Waals surface area contributed by atoms with Crippen LogP contribution >= 0.6 is 22.6 Å². The summed E-state index contributed by atoms with van der Waals surface area (Å²) in [7, 11) is 0. The number of hydrogen-bond donors (Lipinski definition) is 1. The molecule has 1 N–H and O–H groups in total. The molecule has 0 aliphatic heterocycles. The lowest BCUT2D eigenvalue weighted by atomic mass is 9.87. The number of hydrogen-bond acceptors (Lipinski definition) is 3. The molecule has 0 bridgehead atoms. The van der Waals surface area contributed by atoms with Gasteiger partial charge >= 0.3 is 6.09 Å². The van der Waals surface area contributed by atoms with Crippen molar-refractivity contribution in [3.8, 4) is 0 Å². The van der Waals surface area contributed by atoms with E-state index in [9.17, 15) is 4.79 Å². The zero-order valence-electron chi connectivity index (χ0n) is 11.5. The average molecular weight is 377 g/mol. The Morgan fingerprint density at radius 1 is 1.32 bits per heavy atom. The summed E-state index contributed by atoms with van der Waals surface area (Å²) in [5, 5.41) is 2.71. The van der Waals surface area contributed by atoms with Gasteiger partial charge < -0.3 is 9.47 Å². The first-order valence-electron chi connectivity index (χ1n) is 6.11. The molecule has 0 radical (unpaired) electrons. The molecular formula is C14H20INO3. The Morgan fingerprint density at radius 2 is 2.05 bits per heavy atom. The van der Waals surface area contributed by atoms with Gasteiger partial charge in [0.15, 0.2) is 0 Å². The van der Waals surface area contributed by atoms with Crippen LogP contribution in [-0.2, 0) is 14.9 Å². The Balaban J connectivity index is 2.50. The zero-order chi connectivity index (χ0) is 14.3. The van der Waals surface area contributed by atoms with Crippen molar-refractivity contribution in [2.45, 2.75) is 26.2 Å². The van der Waals surface area contributed by atoms with E-state index in [0.29, 0.717) is 11.2 Å². The SMILES string of the molecule is CC(C)(C)c1cccc(NC(=O)OCCOCI)c1. The Bertz CT molecular complexity index is 415. The average Bonchev–Trinajstić information content (AvgIpc) is 2.34. The molecule has 1 amide bonds. The van der Waals surface area contributed by atoms with Crippen LogP contribution in [0, 0.1) is 0 Å². The molecule has 0 saturated carbocycles. The predicted octanol–water partition coefficient (Wildman–Crippen LogP) is 3.94. The maximum atomic E-state index is 11.5. The van der Waals surface area contributed by atoms with Crippen molar-refractivity contribution < 1.29 is 14.3 Å². The van der Waals surface area contributed by atoms with Crippen molar-refractivity contribution in [3.63, 3.8) is 0 Å². The quantitative estimate of drug-likeness (QED) is 0.480. The molecule has 0 fully saturated rings. The molecule has 5 heteroatoms. The summed E-state index contributed by atoms with van der Waals surface area (Å²) in [5.41, 5.74) is 1.96. The van der Waals surface area contributed by atoms with Gasteiger partial charge in [-0.3, -0.25) is 5.32 Å². The number of rotatable bonds is 5. The Morgan fingerprint density at radius 3 is 2.68 bits per heavy atom. The first-order chi connectivity index (χ1) is 8.93.